The zero-order chi connectivity index (χ0) is 17.6. The van der Waals surface area contributed by atoms with Crippen LogP contribution in [0.2, 0.25) is 0 Å². The maximum Gasteiger partial charge on any atom is 0.269 e. The van der Waals surface area contributed by atoms with Crippen molar-refractivity contribution in [3.05, 3.63) is 23.3 Å². The molecule has 0 unspecified atom stereocenters. The van der Waals surface area contributed by atoms with E-state index < -0.39 is 17.6 Å². The molecule has 0 aromatic heterocycles. The van der Waals surface area contributed by atoms with E-state index in [0.29, 0.717) is 6.61 Å². The first-order chi connectivity index (χ1) is 10.7. The number of phenolic OH excluding ortho intramolecular Hbond substituents is 1. The first-order valence-corrected chi connectivity index (χ1v) is 7.01. The van der Waals surface area contributed by atoms with E-state index in [1.807, 2.05) is 10.9 Å². The molecule has 0 fully saturated rings. The summed E-state index contributed by atoms with van der Waals surface area (Å²) < 4.78 is 6.36. The van der Waals surface area contributed by atoms with E-state index >= 15 is 0 Å². The Morgan fingerprint density at radius 1 is 1.12 bits per heavy atom. The number of aromatic hydroxyl groups is 1. The van der Waals surface area contributed by atoms with Crippen LogP contribution in [0.5, 0.6) is 11.5 Å². The van der Waals surface area contributed by atoms with Gasteiger partial charge in [0.15, 0.2) is 0 Å². The van der Waals surface area contributed by atoms with Gasteiger partial charge in [0.25, 0.3) is 11.8 Å². The Balaban J connectivity index is 0.00000529. The number of hydrogen-bond donors (Lipinski definition) is 5. The van der Waals surface area contributed by atoms with Crippen molar-refractivity contribution in [2.45, 2.75) is 6.42 Å². The summed E-state index contributed by atoms with van der Waals surface area (Å²) >= 11 is 0. The molecule has 24 heavy (non-hydrogen) atoms. The van der Waals surface area contributed by atoms with E-state index in [4.69, 9.17) is 16.4 Å². The third-order valence-corrected chi connectivity index (χ3v) is 3.08. The number of nitrogens with one attached hydrogen (secondary N) is 2. The summed E-state index contributed by atoms with van der Waals surface area (Å²) in [6, 6.07) is 2.37. The van der Waals surface area contributed by atoms with Crippen molar-refractivity contribution in [1.29, 1.82) is 0 Å². The number of carbonyl (C=O) groups is 2. The van der Waals surface area contributed by atoms with Crippen molar-refractivity contribution in [2.24, 2.45) is 11.7 Å². The summed E-state index contributed by atoms with van der Waals surface area (Å²) in [6.45, 7) is 1.21. The van der Waals surface area contributed by atoms with Crippen molar-refractivity contribution < 1.29 is 36.3 Å². The first kappa shape index (κ1) is 21.9. The summed E-state index contributed by atoms with van der Waals surface area (Å²) in [5, 5.41) is 9.84. The number of rotatable bonds is 7. The highest BCUT2D eigenvalue weighted by Gasteiger charge is 2.19. The predicted molar refractivity (Wildman–Crippen MR) is 84.4 cm³/mol. The Bertz CT molecular complexity index is 589. The van der Waals surface area contributed by atoms with Crippen LogP contribution in [0, 0.1) is 0 Å². The molecule has 10 heteroatoms. The summed E-state index contributed by atoms with van der Waals surface area (Å²) in [7, 11) is 6.16. The molecule has 1 aromatic carbocycles. The van der Waals surface area contributed by atoms with E-state index in [0.717, 1.165) is 23.5 Å². The molecule has 1 rings (SSSR count). The Hall–Kier alpha value is -2.07. The van der Waals surface area contributed by atoms with Crippen LogP contribution in [0.15, 0.2) is 12.1 Å². The van der Waals surface area contributed by atoms with Crippen molar-refractivity contribution in [2.75, 3.05) is 34.3 Å². The van der Waals surface area contributed by atoms with Gasteiger partial charge in [0.2, 0.25) is 0 Å². The average molecular weight is 362 g/mol. The van der Waals surface area contributed by atoms with Crippen molar-refractivity contribution in [3.63, 3.8) is 0 Å². The molecule has 1 aromatic rings. The van der Waals surface area contributed by atoms with Gasteiger partial charge >= 0.3 is 0 Å². The van der Waals surface area contributed by atoms with Gasteiger partial charge in [-0.05, 0) is 12.1 Å². The van der Waals surface area contributed by atoms with Crippen LogP contribution in [0.1, 0.15) is 27.1 Å². The highest BCUT2D eigenvalue weighted by Crippen LogP contribution is 2.28. The van der Waals surface area contributed by atoms with Crippen LogP contribution in [0.25, 0.3) is 0 Å². The smallest absolute Gasteiger partial charge is 0.269 e. The SMILES string of the molecule is C[N+](C)(C)CCCOc1cc(C(=O)NN)c(O)cc1C(=O)NN.[Cl-]. The highest BCUT2D eigenvalue weighted by atomic mass is 35.5. The maximum absolute atomic E-state index is 11.8. The summed E-state index contributed by atoms with van der Waals surface area (Å²) in [6.07, 6.45) is 0.743. The molecular formula is C14H24ClN5O4. The zero-order valence-corrected chi connectivity index (χ0v) is 14.7. The van der Waals surface area contributed by atoms with Gasteiger partial charge in [-0.15, -0.1) is 0 Å². The third-order valence-electron chi connectivity index (χ3n) is 3.08. The number of amides is 2. The zero-order valence-electron chi connectivity index (χ0n) is 13.9. The second-order valence-corrected chi connectivity index (χ2v) is 6.03. The van der Waals surface area contributed by atoms with Gasteiger partial charge in [0.1, 0.15) is 11.5 Å². The molecule has 0 atom stereocenters. The topological polar surface area (TPSA) is 140 Å². The predicted octanol–water partition coefficient (Wildman–Crippen LogP) is -3.92. The number of nitrogens with two attached hydrogens (primary N) is 2. The normalized spacial score (nSPS) is 10.5. The number of hydrogen-bond acceptors (Lipinski definition) is 6. The number of hydrazine groups is 2. The lowest BCUT2D eigenvalue weighted by atomic mass is 10.1. The third kappa shape index (κ3) is 6.20. The minimum Gasteiger partial charge on any atom is -1.00 e. The minimum absolute atomic E-state index is 0. The largest absolute Gasteiger partial charge is 1.00 e. The fourth-order valence-corrected chi connectivity index (χ4v) is 1.92. The fourth-order valence-electron chi connectivity index (χ4n) is 1.92. The molecule has 2 amide bonds. The van der Waals surface area contributed by atoms with Gasteiger partial charge in [-0.3, -0.25) is 20.4 Å². The van der Waals surface area contributed by atoms with Gasteiger partial charge in [0, 0.05) is 6.42 Å². The number of halogens is 1. The molecule has 0 bridgehead atoms. The molecule has 0 aliphatic carbocycles. The summed E-state index contributed by atoms with van der Waals surface area (Å²) in [5.41, 5.74) is 3.82. The molecule has 0 spiro atoms. The van der Waals surface area contributed by atoms with Gasteiger partial charge < -0.3 is 26.7 Å². The molecule has 7 N–H and O–H groups in total. The standard InChI is InChI=1S/C14H23N5O4.ClH/c1-19(2,3)5-4-6-23-12-8-9(13(21)17-15)11(20)7-10(12)14(22)18-16;/h7-8H,4-6H2,1-3H3,(H6-,15,16,17,18,20,21,22);1H. The molecule has 136 valence electrons. The first-order valence-electron chi connectivity index (χ1n) is 7.01. The number of benzene rings is 1. The van der Waals surface area contributed by atoms with Gasteiger partial charge in [0.05, 0.1) is 45.4 Å². The number of quaternary nitrogens is 1. The second-order valence-electron chi connectivity index (χ2n) is 6.03. The van der Waals surface area contributed by atoms with Crippen LogP contribution in [0.3, 0.4) is 0 Å². The van der Waals surface area contributed by atoms with E-state index in [1.54, 1.807) is 0 Å². The van der Waals surface area contributed by atoms with Gasteiger partial charge in [-0.2, -0.15) is 0 Å². The lowest BCUT2D eigenvalue weighted by Crippen LogP contribution is -3.00. The van der Waals surface area contributed by atoms with E-state index in [2.05, 4.69) is 21.1 Å². The maximum atomic E-state index is 11.8. The number of nitrogens with zero attached hydrogens (tertiary/aromatic N) is 1. The van der Waals surface area contributed by atoms with Crippen LogP contribution >= 0.6 is 0 Å². The second kappa shape index (κ2) is 9.28. The lowest BCUT2D eigenvalue weighted by Gasteiger charge is -2.23. The average Bonchev–Trinajstić information content (AvgIpc) is 2.49. The van der Waals surface area contributed by atoms with Crippen molar-refractivity contribution >= 4 is 11.8 Å². The number of nitrogen functional groups attached to an aromatic ring is 2. The van der Waals surface area contributed by atoms with Crippen LogP contribution < -0.4 is 39.7 Å². The van der Waals surface area contributed by atoms with Crippen molar-refractivity contribution in [1.82, 2.24) is 10.9 Å². The van der Waals surface area contributed by atoms with Gasteiger partial charge in [-0.1, -0.05) is 0 Å². The number of ether oxygens (including phenoxy) is 1. The highest BCUT2D eigenvalue weighted by molar-refractivity contribution is 6.01. The van der Waals surface area contributed by atoms with Gasteiger partial charge in [-0.25, -0.2) is 11.7 Å². The molecule has 0 heterocycles. The number of phenols is 1. The quantitative estimate of drug-likeness (QED) is 0.110. The molecular weight excluding hydrogens is 338 g/mol. The molecule has 0 saturated carbocycles. The molecule has 0 radical (unpaired) electrons. The van der Waals surface area contributed by atoms with Crippen LogP contribution in [-0.4, -0.2) is 55.7 Å². The monoisotopic (exact) mass is 361 g/mol. The lowest BCUT2D eigenvalue weighted by molar-refractivity contribution is -0.870. The Kier molecular flexibility index (Phi) is 8.48. The Labute approximate surface area is 146 Å². The summed E-state index contributed by atoms with van der Waals surface area (Å²) in [5.74, 6) is 8.60. The molecule has 0 aliphatic rings. The fraction of sp³-hybridized carbons (Fsp3) is 0.429. The Morgan fingerprint density at radius 2 is 1.67 bits per heavy atom. The molecule has 9 nitrogen and oxygen atoms in total. The van der Waals surface area contributed by atoms with Crippen LogP contribution in [-0.2, 0) is 0 Å². The number of carbonyl (C=O) groups excluding carboxylic acids is 2. The molecule has 0 aliphatic heterocycles. The molecule has 0 saturated heterocycles. The van der Waals surface area contributed by atoms with E-state index in [-0.39, 0.29) is 29.3 Å². The van der Waals surface area contributed by atoms with E-state index in [1.165, 1.54) is 6.07 Å². The van der Waals surface area contributed by atoms with E-state index in [9.17, 15) is 14.7 Å². The van der Waals surface area contributed by atoms with Crippen molar-refractivity contribution in [3.8, 4) is 11.5 Å². The van der Waals surface area contributed by atoms with Crippen LogP contribution in [0.4, 0.5) is 0 Å². The Morgan fingerprint density at radius 3 is 2.17 bits per heavy atom. The summed E-state index contributed by atoms with van der Waals surface area (Å²) in [4.78, 5) is 23.4. The minimum atomic E-state index is -0.696.